The van der Waals surface area contributed by atoms with Crippen LogP contribution in [0.15, 0.2) is 42.5 Å². The molecule has 1 N–H and O–H groups in total. The van der Waals surface area contributed by atoms with Gasteiger partial charge in [-0.3, -0.25) is 4.79 Å². The Balaban J connectivity index is 1.45. The second-order valence-corrected chi connectivity index (χ2v) is 8.62. The summed E-state index contributed by atoms with van der Waals surface area (Å²) in [6.07, 6.45) is 2.20. The molecule has 4 rings (SSSR count). The number of rotatable bonds is 6. The van der Waals surface area contributed by atoms with Crippen LogP contribution in [0.5, 0.6) is 0 Å². The van der Waals surface area contributed by atoms with E-state index in [4.69, 9.17) is 27.9 Å². The van der Waals surface area contributed by atoms with Crippen molar-refractivity contribution in [3.05, 3.63) is 62.4 Å². The van der Waals surface area contributed by atoms with Gasteiger partial charge in [-0.25, -0.2) is 9.48 Å². The number of carbonyl (C=O) groups is 2. The molecule has 1 aliphatic carbocycles. The second kappa shape index (κ2) is 7.95. The van der Waals surface area contributed by atoms with E-state index in [-0.39, 0.29) is 9.90 Å². The van der Waals surface area contributed by atoms with Gasteiger partial charge in [0.25, 0.3) is 5.91 Å². The van der Waals surface area contributed by atoms with Crippen molar-refractivity contribution in [1.82, 2.24) is 9.78 Å². The molecule has 0 spiro atoms. The van der Waals surface area contributed by atoms with E-state index in [0.29, 0.717) is 16.1 Å². The number of benzene rings is 1. The number of thiophene rings is 1. The SMILES string of the molecule is O=C(COC(=O)c1cc(Cl)sc1Cl)Nc1cc(C2CC2)nn1-c1ccccc1. The van der Waals surface area contributed by atoms with Crippen molar-refractivity contribution in [2.75, 3.05) is 11.9 Å². The van der Waals surface area contributed by atoms with Crippen LogP contribution in [-0.2, 0) is 9.53 Å². The molecular weight excluding hydrogens is 421 g/mol. The number of nitrogens with zero attached hydrogens (tertiary/aromatic N) is 2. The molecule has 28 heavy (non-hydrogen) atoms. The second-order valence-electron chi connectivity index (χ2n) is 6.34. The fourth-order valence-corrected chi connectivity index (χ4v) is 4.14. The summed E-state index contributed by atoms with van der Waals surface area (Å²) in [4.78, 5) is 24.4. The smallest absolute Gasteiger partial charge is 0.341 e. The normalized spacial score (nSPS) is 13.4. The quantitative estimate of drug-likeness (QED) is 0.557. The molecule has 0 bridgehead atoms. The summed E-state index contributed by atoms with van der Waals surface area (Å²) in [6, 6.07) is 12.8. The molecule has 0 radical (unpaired) electrons. The van der Waals surface area contributed by atoms with Gasteiger partial charge in [-0.15, -0.1) is 11.3 Å². The summed E-state index contributed by atoms with van der Waals surface area (Å²) in [7, 11) is 0. The fourth-order valence-electron chi connectivity index (χ4n) is 2.70. The third kappa shape index (κ3) is 4.22. The maximum Gasteiger partial charge on any atom is 0.341 e. The number of amides is 1. The topological polar surface area (TPSA) is 73.2 Å². The molecule has 144 valence electrons. The van der Waals surface area contributed by atoms with Crippen molar-refractivity contribution in [1.29, 1.82) is 0 Å². The highest BCUT2D eigenvalue weighted by molar-refractivity contribution is 7.20. The van der Waals surface area contributed by atoms with Gasteiger partial charge in [0.05, 0.1) is 21.3 Å². The summed E-state index contributed by atoms with van der Waals surface area (Å²) in [5, 5.41) is 7.38. The first-order chi connectivity index (χ1) is 13.5. The number of esters is 1. The van der Waals surface area contributed by atoms with Crippen molar-refractivity contribution < 1.29 is 14.3 Å². The predicted molar refractivity (Wildman–Crippen MR) is 109 cm³/mol. The molecule has 0 aliphatic heterocycles. The molecule has 3 aromatic rings. The van der Waals surface area contributed by atoms with Crippen LogP contribution >= 0.6 is 34.5 Å². The lowest BCUT2D eigenvalue weighted by atomic mass is 10.3. The molecule has 1 aliphatic rings. The number of para-hydroxylation sites is 1. The maximum atomic E-state index is 12.3. The largest absolute Gasteiger partial charge is 0.452 e. The molecule has 6 nitrogen and oxygen atoms in total. The van der Waals surface area contributed by atoms with Crippen molar-refractivity contribution >= 4 is 52.2 Å². The van der Waals surface area contributed by atoms with Crippen LogP contribution in [0.1, 0.15) is 34.8 Å². The van der Waals surface area contributed by atoms with Crippen LogP contribution in [0.25, 0.3) is 5.69 Å². The van der Waals surface area contributed by atoms with E-state index in [1.807, 2.05) is 36.4 Å². The van der Waals surface area contributed by atoms with E-state index < -0.39 is 18.5 Å². The first-order valence-electron chi connectivity index (χ1n) is 8.58. The Morgan fingerprint density at radius 1 is 1.21 bits per heavy atom. The number of nitrogens with one attached hydrogen (secondary N) is 1. The Morgan fingerprint density at radius 2 is 1.96 bits per heavy atom. The van der Waals surface area contributed by atoms with E-state index in [0.717, 1.165) is 35.6 Å². The third-order valence-electron chi connectivity index (χ3n) is 4.20. The highest BCUT2D eigenvalue weighted by Crippen LogP contribution is 2.40. The molecule has 0 unspecified atom stereocenters. The lowest BCUT2D eigenvalue weighted by Gasteiger charge is -2.09. The predicted octanol–water partition coefficient (Wildman–Crippen LogP) is 4.91. The lowest BCUT2D eigenvalue weighted by Crippen LogP contribution is -2.22. The average Bonchev–Trinajstić information content (AvgIpc) is 3.37. The number of anilines is 1. The molecule has 1 saturated carbocycles. The summed E-state index contributed by atoms with van der Waals surface area (Å²) < 4.78 is 7.34. The van der Waals surface area contributed by atoms with Crippen molar-refractivity contribution in [3.63, 3.8) is 0 Å². The zero-order valence-electron chi connectivity index (χ0n) is 14.5. The lowest BCUT2D eigenvalue weighted by molar-refractivity contribution is -0.119. The monoisotopic (exact) mass is 435 g/mol. The zero-order chi connectivity index (χ0) is 19.7. The van der Waals surface area contributed by atoms with Crippen LogP contribution in [0, 0.1) is 0 Å². The number of aromatic nitrogens is 2. The van der Waals surface area contributed by atoms with Crippen LogP contribution < -0.4 is 5.32 Å². The highest BCUT2D eigenvalue weighted by atomic mass is 35.5. The minimum absolute atomic E-state index is 0.148. The van der Waals surface area contributed by atoms with Crippen LogP contribution in [0.3, 0.4) is 0 Å². The minimum Gasteiger partial charge on any atom is -0.452 e. The van der Waals surface area contributed by atoms with E-state index in [1.165, 1.54) is 6.07 Å². The van der Waals surface area contributed by atoms with Gasteiger partial charge in [-0.05, 0) is 31.0 Å². The zero-order valence-corrected chi connectivity index (χ0v) is 16.9. The van der Waals surface area contributed by atoms with E-state index >= 15 is 0 Å². The van der Waals surface area contributed by atoms with Gasteiger partial charge >= 0.3 is 5.97 Å². The third-order valence-corrected chi connectivity index (χ3v) is 5.69. The Morgan fingerprint density at radius 3 is 2.61 bits per heavy atom. The first-order valence-corrected chi connectivity index (χ1v) is 10.2. The minimum atomic E-state index is -0.696. The Labute approximate surface area is 175 Å². The molecule has 0 saturated heterocycles. The average molecular weight is 436 g/mol. The summed E-state index contributed by atoms with van der Waals surface area (Å²) in [6.45, 7) is -0.443. The van der Waals surface area contributed by atoms with Gasteiger partial charge in [0, 0.05) is 12.0 Å². The Kier molecular flexibility index (Phi) is 5.39. The fraction of sp³-hybridized carbons (Fsp3) is 0.211. The van der Waals surface area contributed by atoms with Crippen molar-refractivity contribution in [2.45, 2.75) is 18.8 Å². The molecule has 9 heteroatoms. The Hall–Kier alpha value is -2.35. The molecule has 1 aromatic carbocycles. The number of halogens is 2. The molecule has 1 fully saturated rings. The van der Waals surface area contributed by atoms with Gasteiger partial charge < -0.3 is 10.1 Å². The number of hydrogen-bond acceptors (Lipinski definition) is 5. The molecule has 2 heterocycles. The molecular formula is C19H15Cl2N3O3S. The van der Waals surface area contributed by atoms with Gasteiger partial charge in [0.2, 0.25) is 0 Å². The number of carbonyl (C=O) groups excluding carboxylic acids is 2. The summed E-state index contributed by atoms with van der Waals surface area (Å²) in [5.41, 5.74) is 1.92. The first kappa shape index (κ1) is 19.0. The number of ether oxygens (including phenoxy) is 1. The van der Waals surface area contributed by atoms with Crippen molar-refractivity contribution in [3.8, 4) is 5.69 Å². The molecule has 1 amide bonds. The summed E-state index contributed by atoms with van der Waals surface area (Å²) >= 11 is 12.8. The van der Waals surface area contributed by atoms with Gasteiger partial charge in [0.1, 0.15) is 10.2 Å². The van der Waals surface area contributed by atoms with Gasteiger partial charge in [-0.2, -0.15) is 5.10 Å². The Bertz CT molecular complexity index is 1030. The van der Waals surface area contributed by atoms with Gasteiger partial charge in [-0.1, -0.05) is 41.4 Å². The molecule has 0 atom stereocenters. The van der Waals surface area contributed by atoms with E-state index in [1.54, 1.807) is 4.68 Å². The standard InChI is InChI=1S/C19H15Cl2N3O3S/c20-15-8-13(18(21)28-15)19(26)27-10-17(25)22-16-9-14(11-6-7-11)23-24(16)12-4-2-1-3-5-12/h1-5,8-9,11H,6-7,10H2,(H,22,25). The maximum absolute atomic E-state index is 12.3. The van der Waals surface area contributed by atoms with E-state index in [2.05, 4.69) is 10.4 Å². The van der Waals surface area contributed by atoms with Crippen LogP contribution in [0.4, 0.5) is 5.82 Å². The highest BCUT2D eigenvalue weighted by Gasteiger charge is 2.28. The van der Waals surface area contributed by atoms with Crippen molar-refractivity contribution in [2.24, 2.45) is 0 Å². The van der Waals surface area contributed by atoms with Crippen LogP contribution in [-0.4, -0.2) is 28.3 Å². The summed E-state index contributed by atoms with van der Waals surface area (Å²) in [5.74, 6) is -0.196. The number of hydrogen-bond donors (Lipinski definition) is 1. The van der Waals surface area contributed by atoms with Crippen LogP contribution in [0.2, 0.25) is 8.67 Å². The van der Waals surface area contributed by atoms with Gasteiger partial charge in [0.15, 0.2) is 6.61 Å². The van der Waals surface area contributed by atoms with E-state index in [9.17, 15) is 9.59 Å². The molecule has 2 aromatic heterocycles.